The smallest absolute Gasteiger partial charge is 0.338 e. The molecular formula is C10H9Br2F2NO2. The van der Waals surface area contributed by atoms with Gasteiger partial charge in [-0.3, -0.25) is 0 Å². The first-order chi connectivity index (χ1) is 8.01. The van der Waals surface area contributed by atoms with Gasteiger partial charge in [0.1, 0.15) is 10.3 Å². The Kier molecular flexibility index (Phi) is 5.45. The molecule has 94 valence electrons. The molecule has 0 unspecified atom stereocenters. The number of hydrogen-bond acceptors (Lipinski definition) is 3. The topological polar surface area (TPSA) is 39.2 Å². The van der Waals surface area contributed by atoms with Crippen LogP contribution in [0.15, 0.2) is 10.7 Å². The Hall–Kier alpha value is -0.560. The van der Waals surface area contributed by atoms with Crippen molar-refractivity contribution in [3.63, 3.8) is 0 Å². The van der Waals surface area contributed by atoms with E-state index in [9.17, 15) is 13.6 Å². The van der Waals surface area contributed by atoms with Gasteiger partial charge in [0.15, 0.2) is 0 Å². The van der Waals surface area contributed by atoms with Crippen molar-refractivity contribution in [2.75, 3.05) is 6.61 Å². The van der Waals surface area contributed by atoms with Gasteiger partial charge in [-0.05, 0) is 28.9 Å². The van der Waals surface area contributed by atoms with Crippen LogP contribution in [0.3, 0.4) is 0 Å². The van der Waals surface area contributed by atoms with Crippen molar-refractivity contribution in [1.82, 2.24) is 4.98 Å². The molecule has 0 aliphatic heterocycles. The van der Waals surface area contributed by atoms with Gasteiger partial charge in [0.25, 0.3) is 6.43 Å². The van der Waals surface area contributed by atoms with Gasteiger partial charge in [-0.25, -0.2) is 18.6 Å². The standard InChI is InChI=1S/C10H9Br2F2NO2/c1-2-17-10(16)5-3-7(12)15-8(9(13)14)6(5)4-11/h3,9H,2,4H2,1H3. The van der Waals surface area contributed by atoms with E-state index in [-0.39, 0.29) is 27.7 Å². The molecule has 0 fully saturated rings. The summed E-state index contributed by atoms with van der Waals surface area (Å²) in [4.78, 5) is 15.3. The molecule has 0 aliphatic carbocycles. The van der Waals surface area contributed by atoms with Crippen LogP contribution in [-0.2, 0) is 10.1 Å². The number of carbonyl (C=O) groups excluding carboxylic acids is 1. The van der Waals surface area contributed by atoms with Crippen LogP contribution in [0.2, 0.25) is 0 Å². The van der Waals surface area contributed by atoms with Crippen molar-refractivity contribution in [3.05, 3.63) is 27.5 Å². The first kappa shape index (κ1) is 14.5. The van der Waals surface area contributed by atoms with Crippen LogP contribution in [0.25, 0.3) is 0 Å². The van der Waals surface area contributed by atoms with Crippen molar-refractivity contribution >= 4 is 37.8 Å². The average Bonchev–Trinajstić information content (AvgIpc) is 2.28. The number of hydrogen-bond donors (Lipinski definition) is 0. The van der Waals surface area contributed by atoms with Crippen molar-refractivity contribution < 1.29 is 18.3 Å². The largest absolute Gasteiger partial charge is 0.462 e. The van der Waals surface area contributed by atoms with Crippen LogP contribution in [0.4, 0.5) is 8.78 Å². The highest BCUT2D eigenvalue weighted by Crippen LogP contribution is 2.28. The number of pyridine rings is 1. The number of rotatable bonds is 4. The molecule has 1 heterocycles. The summed E-state index contributed by atoms with van der Waals surface area (Å²) in [6, 6.07) is 1.38. The molecule has 0 saturated heterocycles. The molecule has 0 spiro atoms. The minimum Gasteiger partial charge on any atom is -0.462 e. The Morgan fingerprint density at radius 2 is 2.24 bits per heavy atom. The zero-order valence-corrected chi connectivity index (χ0v) is 12.0. The second kappa shape index (κ2) is 6.39. The maximum atomic E-state index is 12.8. The first-order valence-electron chi connectivity index (χ1n) is 4.71. The lowest BCUT2D eigenvalue weighted by Crippen LogP contribution is -2.11. The van der Waals surface area contributed by atoms with Gasteiger partial charge in [-0.15, -0.1) is 0 Å². The average molecular weight is 373 g/mol. The lowest BCUT2D eigenvalue weighted by molar-refractivity contribution is 0.0524. The summed E-state index contributed by atoms with van der Waals surface area (Å²) < 4.78 is 30.5. The Morgan fingerprint density at radius 3 is 2.71 bits per heavy atom. The number of carbonyl (C=O) groups is 1. The number of alkyl halides is 3. The maximum Gasteiger partial charge on any atom is 0.338 e. The minimum atomic E-state index is -2.74. The Labute approximate surface area is 114 Å². The molecule has 0 aromatic carbocycles. The van der Waals surface area contributed by atoms with Crippen LogP contribution >= 0.6 is 31.9 Å². The molecule has 0 amide bonds. The molecule has 7 heteroatoms. The van der Waals surface area contributed by atoms with E-state index in [4.69, 9.17) is 4.74 Å². The zero-order chi connectivity index (χ0) is 13.0. The van der Waals surface area contributed by atoms with Gasteiger partial charge < -0.3 is 4.74 Å². The highest BCUT2D eigenvalue weighted by Gasteiger charge is 2.22. The highest BCUT2D eigenvalue weighted by molar-refractivity contribution is 9.10. The summed E-state index contributed by atoms with van der Waals surface area (Å²) in [6.07, 6.45) is -2.74. The van der Waals surface area contributed by atoms with Gasteiger partial charge in [-0.2, -0.15) is 0 Å². The third-order valence-corrected chi connectivity index (χ3v) is 2.93. The molecule has 0 bridgehead atoms. The molecule has 0 saturated carbocycles. The third kappa shape index (κ3) is 3.45. The van der Waals surface area contributed by atoms with Crippen molar-refractivity contribution in [1.29, 1.82) is 0 Å². The van der Waals surface area contributed by atoms with E-state index in [0.717, 1.165) is 0 Å². The fraction of sp³-hybridized carbons (Fsp3) is 0.400. The summed E-state index contributed by atoms with van der Waals surface area (Å²) in [6.45, 7) is 1.83. The van der Waals surface area contributed by atoms with Crippen LogP contribution in [-0.4, -0.2) is 17.6 Å². The normalized spacial score (nSPS) is 10.7. The lowest BCUT2D eigenvalue weighted by atomic mass is 10.1. The molecule has 0 radical (unpaired) electrons. The lowest BCUT2D eigenvalue weighted by Gasteiger charge is -2.11. The second-order valence-electron chi connectivity index (χ2n) is 3.01. The van der Waals surface area contributed by atoms with Crippen LogP contribution in [0, 0.1) is 0 Å². The first-order valence-corrected chi connectivity index (χ1v) is 6.63. The van der Waals surface area contributed by atoms with Gasteiger partial charge in [0, 0.05) is 10.9 Å². The van der Waals surface area contributed by atoms with E-state index in [0.29, 0.717) is 0 Å². The minimum absolute atomic E-state index is 0.0981. The highest BCUT2D eigenvalue weighted by atomic mass is 79.9. The fourth-order valence-corrected chi connectivity index (χ4v) is 2.28. The van der Waals surface area contributed by atoms with E-state index < -0.39 is 18.1 Å². The van der Waals surface area contributed by atoms with Gasteiger partial charge in [0.2, 0.25) is 0 Å². The van der Waals surface area contributed by atoms with E-state index in [2.05, 4.69) is 36.8 Å². The molecule has 0 aliphatic rings. The summed E-state index contributed by atoms with van der Waals surface area (Å²) in [5.74, 6) is -0.632. The molecule has 0 N–H and O–H groups in total. The van der Waals surface area contributed by atoms with Crippen molar-refractivity contribution in [2.24, 2.45) is 0 Å². The van der Waals surface area contributed by atoms with E-state index in [1.807, 2.05) is 0 Å². The van der Waals surface area contributed by atoms with Crippen LogP contribution in [0.5, 0.6) is 0 Å². The van der Waals surface area contributed by atoms with Crippen LogP contribution in [0.1, 0.15) is 35.0 Å². The third-order valence-electron chi connectivity index (χ3n) is 1.96. The quantitative estimate of drug-likeness (QED) is 0.457. The molecule has 1 aromatic heterocycles. The molecular weight excluding hydrogens is 364 g/mol. The number of aromatic nitrogens is 1. The number of halogens is 4. The zero-order valence-electron chi connectivity index (χ0n) is 8.84. The Bertz CT molecular complexity index is 427. The molecule has 3 nitrogen and oxygen atoms in total. The predicted molar refractivity (Wildman–Crippen MR) is 65.5 cm³/mol. The monoisotopic (exact) mass is 371 g/mol. The SMILES string of the molecule is CCOC(=O)c1cc(Br)nc(C(F)F)c1CBr. The summed E-state index contributed by atoms with van der Waals surface area (Å²) in [5.41, 5.74) is -0.165. The van der Waals surface area contributed by atoms with E-state index in [1.165, 1.54) is 6.07 Å². The molecule has 17 heavy (non-hydrogen) atoms. The van der Waals surface area contributed by atoms with Gasteiger partial charge in [0.05, 0.1) is 12.2 Å². The predicted octanol–water partition coefficient (Wildman–Crippen LogP) is 3.85. The van der Waals surface area contributed by atoms with Crippen molar-refractivity contribution in [3.8, 4) is 0 Å². The van der Waals surface area contributed by atoms with E-state index >= 15 is 0 Å². The molecule has 0 atom stereocenters. The van der Waals surface area contributed by atoms with Gasteiger partial charge >= 0.3 is 5.97 Å². The maximum absolute atomic E-state index is 12.8. The van der Waals surface area contributed by atoms with Crippen LogP contribution < -0.4 is 0 Å². The second-order valence-corrected chi connectivity index (χ2v) is 4.38. The Morgan fingerprint density at radius 1 is 1.59 bits per heavy atom. The summed E-state index contributed by atoms with van der Waals surface area (Å²) in [7, 11) is 0. The number of nitrogens with zero attached hydrogens (tertiary/aromatic N) is 1. The number of ether oxygens (including phenoxy) is 1. The molecule has 1 aromatic rings. The summed E-state index contributed by atoms with van der Waals surface area (Å²) in [5, 5.41) is 0.112. The summed E-state index contributed by atoms with van der Waals surface area (Å²) >= 11 is 6.07. The fourth-order valence-electron chi connectivity index (χ4n) is 1.27. The number of esters is 1. The Balaban J connectivity index is 3.32. The van der Waals surface area contributed by atoms with Gasteiger partial charge in [-0.1, -0.05) is 15.9 Å². The van der Waals surface area contributed by atoms with E-state index in [1.54, 1.807) is 6.92 Å². The van der Waals surface area contributed by atoms with Crippen molar-refractivity contribution in [2.45, 2.75) is 18.7 Å². The molecule has 1 rings (SSSR count).